The molecule has 1 unspecified atom stereocenters. The second kappa shape index (κ2) is 6.87. The molecular formula is C17H23N3O. The normalized spacial score (nSPS) is 20.3. The van der Waals surface area contributed by atoms with E-state index >= 15 is 0 Å². The first-order valence-corrected chi connectivity index (χ1v) is 7.80. The molecule has 0 amide bonds. The van der Waals surface area contributed by atoms with Crippen LogP contribution in [0.4, 0.5) is 0 Å². The molecule has 1 aromatic carbocycles. The number of hydrogen-bond acceptors (Lipinski definition) is 3. The Kier molecular flexibility index (Phi) is 4.68. The SMILES string of the molecule is OCC1CCCCCN1Cc1ccc(-n2cccn2)cc1. The van der Waals surface area contributed by atoms with Gasteiger partial charge in [0.05, 0.1) is 12.3 Å². The fraction of sp³-hybridized carbons (Fsp3) is 0.471. The van der Waals surface area contributed by atoms with Gasteiger partial charge in [0.15, 0.2) is 0 Å². The molecule has 0 spiro atoms. The van der Waals surface area contributed by atoms with E-state index in [1.54, 1.807) is 6.20 Å². The summed E-state index contributed by atoms with van der Waals surface area (Å²) in [6.45, 7) is 2.28. The van der Waals surface area contributed by atoms with Crippen molar-refractivity contribution >= 4 is 0 Å². The maximum Gasteiger partial charge on any atom is 0.0645 e. The highest BCUT2D eigenvalue weighted by Gasteiger charge is 2.20. The number of likely N-dealkylation sites (tertiary alicyclic amines) is 1. The molecule has 0 saturated carbocycles. The predicted molar refractivity (Wildman–Crippen MR) is 83.3 cm³/mol. The summed E-state index contributed by atoms with van der Waals surface area (Å²) < 4.78 is 1.87. The van der Waals surface area contributed by atoms with Crippen LogP contribution in [0.15, 0.2) is 42.7 Å². The monoisotopic (exact) mass is 285 g/mol. The Morgan fingerprint density at radius 3 is 2.71 bits per heavy atom. The third-order valence-corrected chi connectivity index (χ3v) is 4.30. The fourth-order valence-corrected chi connectivity index (χ4v) is 3.06. The average Bonchev–Trinajstić information content (AvgIpc) is 2.96. The van der Waals surface area contributed by atoms with E-state index in [4.69, 9.17) is 0 Å². The summed E-state index contributed by atoms with van der Waals surface area (Å²) in [5.41, 5.74) is 2.38. The molecule has 21 heavy (non-hydrogen) atoms. The minimum atomic E-state index is 0.269. The summed E-state index contributed by atoms with van der Waals surface area (Å²) in [4.78, 5) is 2.43. The van der Waals surface area contributed by atoms with Crippen molar-refractivity contribution in [2.75, 3.05) is 13.2 Å². The van der Waals surface area contributed by atoms with E-state index in [1.807, 2.05) is 16.9 Å². The van der Waals surface area contributed by atoms with Crippen LogP contribution in [-0.2, 0) is 6.54 Å². The van der Waals surface area contributed by atoms with Gasteiger partial charge in [-0.05, 0) is 43.1 Å². The third-order valence-electron chi connectivity index (χ3n) is 4.30. The summed E-state index contributed by atoms with van der Waals surface area (Å²) in [6, 6.07) is 10.8. The number of benzene rings is 1. The van der Waals surface area contributed by atoms with Gasteiger partial charge in [-0.3, -0.25) is 4.90 Å². The van der Waals surface area contributed by atoms with E-state index in [2.05, 4.69) is 34.3 Å². The molecular weight excluding hydrogens is 262 g/mol. The van der Waals surface area contributed by atoms with Gasteiger partial charge in [0, 0.05) is 25.0 Å². The molecule has 0 radical (unpaired) electrons. The lowest BCUT2D eigenvalue weighted by Gasteiger charge is -2.28. The molecule has 112 valence electrons. The lowest BCUT2D eigenvalue weighted by molar-refractivity contribution is 0.118. The molecule has 1 fully saturated rings. The molecule has 4 heteroatoms. The highest BCUT2D eigenvalue weighted by molar-refractivity contribution is 5.33. The van der Waals surface area contributed by atoms with Crippen LogP contribution >= 0.6 is 0 Å². The van der Waals surface area contributed by atoms with Gasteiger partial charge >= 0.3 is 0 Å². The first-order chi connectivity index (χ1) is 10.4. The zero-order chi connectivity index (χ0) is 14.5. The molecule has 3 rings (SSSR count). The third kappa shape index (κ3) is 3.52. The maximum absolute atomic E-state index is 9.58. The molecule has 0 aliphatic carbocycles. The number of hydrogen-bond donors (Lipinski definition) is 1. The van der Waals surface area contributed by atoms with Crippen molar-refractivity contribution < 1.29 is 5.11 Å². The molecule has 1 atom stereocenters. The molecule has 2 aromatic rings. The lowest BCUT2D eigenvalue weighted by atomic mass is 10.1. The van der Waals surface area contributed by atoms with Crippen molar-refractivity contribution in [2.45, 2.75) is 38.3 Å². The van der Waals surface area contributed by atoms with Gasteiger partial charge in [-0.15, -0.1) is 0 Å². The molecule has 1 saturated heterocycles. The molecule has 1 aliphatic rings. The Hall–Kier alpha value is -1.65. The Labute approximate surface area is 126 Å². The van der Waals surface area contributed by atoms with Gasteiger partial charge in [0.2, 0.25) is 0 Å². The summed E-state index contributed by atoms with van der Waals surface area (Å²) in [5.74, 6) is 0. The van der Waals surface area contributed by atoms with E-state index < -0.39 is 0 Å². The number of aliphatic hydroxyl groups is 1. The molecule has 1 N–H and O–H groups in total. The number of nitrogens with zero attached hydrogens (tertiary/aromatic N) is 3. The van der Waals surface area contributed by atoms with E-state index in [1.165, 1.54) is 24.8 Å². The number of aromatic nitrogens is 2. The molecule has 4 nitrogen and oxygen atoms in total. The zero-order valence-electron chi connectivity index (χ0n) is 12.4. The topological polar surface area (TPSA) is 41.3 Å². The first-order valence-electron chi connectivity index (χ1n) is 7.80. The minimum absolute atomic E-state index is 0.269. The van der Waals surface area contributed by atoms with Crippen LogP contribution in [0.3, 0.4) is 0 Å². The van der Waals surface area contributed by atoms with Crippen LogP contribution in [0.5, 0.6) is 0 Å². The number of rotatable bonds is 4. The van der Waals surface area contributed by atoms with Gasteiger partial charge < -0.3 is 5.11 Å². The quantitative estimate of drug-likeness (QED) is 0.939. The summed E-state index contributed by atoms with van der Waals surface area (Å²) in [7, 11) is 0. The first kappa shape index (κ1) is 14.3. The van der Waals surface area contributed by atoms with Gasteiger partial charge in [0.1, 0.15) is 0 Å². The second-order valence-corrected chi connectivity index (χ2v) is 5.77. The van der Waals surface area contributed by atoms with Crippen molar-refractivity contribution in [1.82, 2.24) is 14.7 Å². The molecule has 1 aliphatic heterocycles. The van der Waals surface area contributed by atoms with E-state index in [0.29, 0.717) is 6.04 Å². The molecule has 2 heterocycles. The fourth-order valence-electron chi connectivity index (χ4n) is 3.06. The van der Waals surface area contributed by atoms with Crippen molar-refractivity contribution in [3.63, 3.8) is 0 Å². The standard InChI is InChI=1S/C17H23N3O/c21-14-17-5-2-1-3-11-19(17)13-15-6-8-16(9-7-15)20-12-4-10-18-20/h4,6-10,12,17,21H,1-3,5,11,13-14H2. The van der Waals surface area contributed by atoms with Crippen LogP contribution < -0.4 is 0 Å². The molecule has 0 bridgehead atoms. The van der Waals surface area contributed by atoms with Crippen LogP contribution in [0.2, 0.25) is 0 Å². The lowest BCUT2D eigenvalue weighted by Crippen LogP contribution is -2.36. The van der Waals surface area contributed by atoms with Gasteiger partial charge in [-0.2, -0.15) is 5.10 Å². The van der Waals surface area contributed by atoms with Crippen LogP contribution in [0.1, 0.15) is 31.2 Å². The Balaban J connectivity index is 1.69. The summed E-state index contributed by atoms with van der Waals surface area (Å²) in [6.07, 6.45) is 8.61. The zero-order valence-corrected chi connectivity index (χ0v) is 12.4. The Morgan fingerprint density at radius 1 is 1.14 bits per heavy atom. The second-order valence-electron chi connectivity index (χ2n) is 5.77. The Morgan fingerprint density at radius 2 is 2.00 bits per heavy atom. The van der Waals surface area contributed by atoms with Gasteiger partial charge in [-0.25, -0.2) is 4.68 Å². The Bertz CT molecular complexity index is 536. The van der Waals surface area contributed by atoms with Crippen molar-refractivity contribution in [3.05, 3.63) is 48.3 Å². The van der Waals surface area contributed by atoms with Gasteiger partial charge in [-0.1, -0.05) is 25.0 Å². The largest absolute Gasteiger partial charge is 0.395 e. The molecule has 1 aromatic heterocycles. The number of aliphatic hydroxyl groups excluding tert-OH is 1. The van der Waals surface area contributed by atoms with E-state index in [-0.39, 0.29) is 6.61 Å². The maximum atomic E-state index is 9.58. The predicted octanol–water partition coefficient (Wildman–Crippen LogP) is 2.61. The van der Waals surface area contributed by atoms with Crippen LogP contribution in [0, 0.1) is 0 Å². The van der Waals surface area contributed by atoms with Crippen molar-refractivity contribution in [1.29, 1.82) is 0 Å². The smallest absolute Gasteiger partial charge is 0.0645 e. The summed E-state index contributed by atoms with van der Waals surface area (Å²) >= 11 is 0. The highest BCUT2D eigenvalue weighted by atomic mass is 16.3. The van der Waals surface area contributed by atoms with Gasteiger partial charge in [0.25, 0.3) is 0 Å². The van der Waals surface area contributed by atoms with Crippen molar-refractivity contribution in [3.8, 4) is 5.69 Å². The average molecular weight is 285 g/mol. The van der Waals surface area contributed by atoms with Crippen LogP contribution in [-0.4, -0.2) is 39.0 Å². The van der Waals surface area contributed by atoms with Crippen LogP contribution in [0.25, 0.3) is 5.69 Å². The van der Waals surface area contributed by atoms with E-state index in [9.17, 15) is 5.11 Å². The van der Waals surface area contributed by atoms with E-state index in [0.717, 1.165) is 25.2 Å². The minimum Gasteiger partial charge on any atom is -0.395 e. The highest BCUT2D eigenvalue weighted by Crippen LogP contribution is 2.19. The summed E-state index contributed by atoms with van der Waals surface area (Å²) in [5, 5.41) is 13.8. The van der Waals surface area contributed by atoms with Crippen molar-refractivity contribution in [2.24, 2.45) is 0 Å².